The van der Waals surface area contributed by atoms with Gasteiger partial charge in [-0.25, -0.2) is 4.79 Å². The highest BCUT2D eigenvalue weighted by atomic mass is 28.4. The van der Waals surface area contributed by atoms with Gasteiger partial charge in [-0.2, -0.15) is 0 Å². The van der Waals surface area contributed by atoms with Crippen LogP contribution in [0.2, 0.25) is 5.04 Å². The van der Waals surface area contributed by atoms with Crippen molar-refractivity contribution >= 4 is 24.8 Å². The summed E-state index contributed by atoms with van der Waals surface area (Å²) in [5.74, 6) is 0. The van der Waals surface area contributed by atoms with Gasteiger partial charge in [0, 0.05) is 5.04 Å². The number of carbonyl (C=O) groups excluding carboxylic acids is 1. The highest BCUT2D eigenvalue weighted by Crippen LogP contribution is 2.36. The first-order valence-corrected chi connectivity index (χ1v) is 8.79. The molecule has 2 aromatic rings. The molecule has 0 aliphatic rings. The molecule has 0 N–H and O–H groups in total. The molecule has 0 spiro atoms. The molecule has 0 amide bonds. The molecule has 0 bridgehead atoms. The fourth-order valence-corrected chi connectivity index (χ4v) is 6.76. The number of hydrogen-bond donors (Lipinski definition) is 0. The van der Waals surface area contributed by atoms with Gasteiger partial charge in [0.25, 0.3) is 6.08 Å². The Balaban J connectivity index is 2.75. The summed E-state index contributed by atoms with van der Waals surface area (Å²) < 4.78 is 5.86. The lowest BCUT2D eigenvalue weighted by molar-refractivity contribution is 0.315. The topological polar surface area (TPSA) is 38.7 Å². The minimum atomic E-state index is -2.70. The lowest BCUT2D eigenvalue weighted by Gasteiger charge is -2.39. The van der Waals surface area contributed by atoms with Crippen LogP contribution >= 0.6 is 0 Å². The Labute approximate surface area is 126 Å². The molecule has 0 atom stereocenters. The minimum Gasteiger partial charge on any atom is -0.434 e. The maximum atomic E-state index is 10.6. The average molecular weight is 297 g/mol. The van der Waals surface area contributed by atoms with Crippen LogP contribution in [0.4, 0.5) is 0 Å². The molecule has 0 radical (unpaired) electrons. The van der Waals surface area contributed by atoms with Gasteiger partial charge in [0.1, 0.15) is 0 Å². The van der Waals surface area contributed by atoms with Gasteiger partial charge in [0.15, 0.2) is 0 Å². The van der Waals surface area contributed by atoms with Gasteiger partial charge in [0.05, 0.1) is 0 Å². The largest absolute Gasteiger partial charge is 0.434 e. The molecule has 2 aromatic carbocycles. The zero-order valence-electron chi connectivity index (χ0n) is 12.5. The molecular formula is C17H19NO2Si. The highest BCUT2D eigenvalue weighted by molar-refractivity contribution is 6.99. The van der Waals surface area contributed by atoms with E-state index in [2.05, 4.69) is 25.9 Å². The Morgan fingerprint density at radius 2 is 1.33 bits per heavy atom. The molecule has 0 unspecified atom stereocenters. The lowest BCUT2D eigenvalue weighted by atomic mass is 10.2. The normalized spacial score (nSPS) is 11.6. The van der Waals surface area contributed by atoms with E-state index in [4.69, 9.17) is 4.53 Å². The van der Waals surface area contributed by atoms with E-state index in [1.165, 1.54) is 6.08 Å². The zero-order valence-corrected chi connectivity index (χ0v) is 13.5. The lowest BCUT2D eigenvalue weighted by Crippen LogP contribution is -2.65. The van der Waals surface area contributed by atoms with Gasteiger partial charge in [-0.05, 0) is 15.5 Å². The number of hydrogen-bond acceptors (Lipinski definition) is 3. The van der Waals surface area contributed by atoms with Crippen LogP contribution in [0.5, 0.6) is 0 Å². The van der Waals surface area contributed by atoms with E-state index in [9.17, 15) is 4.79 Å². The van der Waals surface area contributed by atoms with Crippen LogP contribution in [0.15, 0.2) is 65.8 Å². The molecule has 0 fully saturated rings. The first kappa shape index (κ1) is 15.2. The van der Waals surface area contributed by atoms with Crippen molar-refractivity contribution in [3.8, 4) is 0 Å². The highest BCUT2D eigenvalue weighted by Gasteiger charge is 2.53. The van der Waals surface area contributed by atoms with Gasteiger partial charge in [-0.3, -0.25) is 0 Å². The SMILES string of the molecule is CC(C)(C)[Si](ON=C=O)(c1ccccc1)c1ccccc1. The molecule has 108 valence electrons. The maximum absolute atomic E-state index is 10.6. The van der Waals surface area contributed by atoms with Crippen LogP contribution in [-0.4, -0.2) is 14.4 Å². The quantitative estimate of drug-likeness (QED) is 0.377. The summed E-state index contributed by atoms with van der Waals surface area (Å²) in [7, 11) is -2.70. The summed E-state index contributed by atoms with van der Waals surface area (Å²) in [5, 5.41) is 5.51. The van der Waals surface area contributed by atoms with E-state index < -0.39 is 8.32 Å². The van der Waals surface area contributed by atoms with Crippen molar-refractivity contribution in [2.45, 2.75) is 25.8 Å². The summed E-state index contributed by atoms with van der Waals surface area (Å²) in [5.41, 5.74) is 0. The Morgan fingerprint density at radius 1 is 0.905 bits per heavy atom. The molecule has 4 heteroatoms. The zero-order chi connectivity index (χ0) is 15.3. The van der Waals surface area contributed by atoms with Crippen LogP contribution in [-0.2, 0) is 9.32 Å². The second-order valence-electron chi connectivity index (χ2n) is 5.94. The first-order chi connectivity index (χ1) is 10.0. The molecule has 3 nitrogen and oxygen atoms in total. The molecule has 21 heavy (non-hydrogen) atoms. The molecule has 0 saturated heterocycles. The van der Waals surface area contributed by atoms with Crippen LogP contribution in [0.25, 0.3) is 0 Å². The first-order valence-electron chi connectivity index (χ1n) is 6.89. The average Bonchev–Trinajstić information content (AvgIpc) is 2.49. The molecule has 0 aliphatic heterocycles. The van der Waals surface area contributed by atoms with E-state index in [0.717, 1.165) is 10.4 Å². The van der Waals surface area contributed by atoms with Crippen molar-refractivity contribution in [3.63, 3.8) is 0 Å². The number of isocyanates is 1. The Kier molecular flexibility index (Phi) is 4.41. The van der Waals surface area contributed by atoms with Crippen molar-refractivity contribution in [1.29, 1.82) is 0 Å². The van der Waals surface area contributed by atoms with Crippen LogP contribution in [0, 0.1) is 0 Å². The van der Waals surface area contributed by atoms with E-state index in [1.807, 2.05) is 60.7 Å². The van der Waals surface area contributed by atoms with Crippen molar-refractivity contribution in [2.24, 2.45) is 5.16 Å². The van der Waals surface area contributed by atoms with Gasteiger partial charge in [-0.15, -0.1) is 0 Å². The predicted octanol–water partition coefficient (Wildman–Crippen LogP) is 2.81. The predicted molar refractivity (Wildman–Crippen MR) is 86.8 cm³/mol. The molecule has 2 rings (SSSR count). The van der Waals surface area contributed by atoms with Crippen LogP contribution in [0.1, 0.15) is 20.8 Å². The second kappa shape index (κ2) is 6.08. The number of rotatable bonds is 4. The second-order valence-corrected chi connectivity index (χ2v) is 10.1. The van der Waals surface area contributed by atoms with E-state index in [1.54, 1.807) is 0 Å². The van der Waals surface area contributed by atoms with E-state index >= 15 is 0 Å². The van der Waals surface area contributed by atoms with Gasteiger partial charge < -0.3 is 4.53 Å². The number of benzene rings is 2. The van der Waals surface area contributed by atoms with Crippen molar-refractivity contribution in [1.82, 2.24) is 0 Å². The standard InChI is InChI=1S/C17H19NO2Si/c1-17(2,3)21(20-18-14-19,15-10-6-4-7-11-15)16-12-8-5-9-13-16/h4-13H,1-3H3. The Hall–Kier alpha value is -2.16. The molecule has 0 aliphatic carbocycles. The fourth-order valence-electron chi connectivity index (χ4n) is 2.71. The molecule has 0 aromatic heterocycles. The van der Waals surface area contributed by atoms with Gasteiger partial charge in [0.2, 0.25) is 0 Å². The summed E-state index contributed by atoms with van der Waals surface area (Å²) >= 11 is 0. The summed E-state index contributed by atoms with van der Waals surface area (Å²) in [4.78, 5) is 10.6. The smallest absolute Gasteiger partial charge is 0.355 e. The summed E-state index contributed by atoms with van der Waals surface area (Å²) in [6, 6.07) is 20.1. The Morgan fingerprint density at radius 3 is 1.67 bits per heavy atom. The third kappa shape index (κ3) is 2.82. The van der Waals surface area contributed by atoms with Gasteiger partial charge >= 0.3 is 8.32 Å². The third-order valence-electron chi connectivity index (χ3n) is 3.64. The minimum absolute atomic E-state index is 0.184. The fraction of sp³-hybridized carbons (Fsp3) is 0.235. The van der Waals surface area contributed by atoms with Crippen molar-refractivity contribution in [3.05, 3.63) is 60.7 Å². The summed E-state index contributed by atoms with van der Waals surface area (Å²) in [6.07, 6.45) is 1.52. The number of nitrogens with zero attached hydrogens (tertiary/aromatic N) is 1. The molecule has 0 heterocycles. The van der Waals surface area contributed by atoms with Gasteiger partial charge in [-0.1, -0.05) is 81.4 Å². The molecular weight excluding hydrogens is 278 g/mol. The Bertz CT molecular complexity index is 589. The third-order valence-corrected chi connectivity index (χ3v) is 8.41. The molecule has 0 saturated carbocycles. The van der Waals surface area contributed by atoms with Crippen LogP contribution < -0.4 is 10.4 Å². The monoisotopic (exact) mass is 297 g/mol. The van der Waals surface area contributed by atoms with E-state index in [-0.39, 0.29) is 5.04 Å². The van der Waals surface area contributed by atoms with Crippen molar-refractivity contribution < 1.29 is 9.32 Å². The maximum Gasteiger partial charge on any atom is 0.355 e. The van der Waals surface area contributed by atoms with Crippen LogP contribution in [0.3, 0.4) is 0 Å². The van der Waals surface area contributed by atoms with Crippen molar-refractivity contribution in [2.75, 3.05) is 0 Å². The van der Waals surface area contributed by atoms with E-state index in [0.29, 0.717) is 0 Å². The summed E-state index contributed by atoms with van der Waals surface area (Å²) in [6.45, 7) is 6.37.